The molecule has 1 heterocycles. The van der Waals surface area contributed by atoms with Gasteiger partial charge >= 0.3 is 11.9 Å². The molecule has 0 bridgehead atoms. The van der Waals surface area contributed by atoms with Gasteiger partial charge in [0, 0.05) is 32.8 Å². The minimum Gasteiger partial charge on any atom is -0.474 e. The van der Waals surface area contributed by atoms with Crippen LogP contribution in [0.3, 0.4) is 0 Å². The number of ether oxygens (including phenoxy) is 1. The van der Waals surface area contributed by atoms with E-state index < -0.39 is 11.9 Å². The maximum Gasteiger partial charge on any atom is 0.394 e. The maximum atomic E-state index is 11.7. The van der Waals surface area contributed by atoms with E-state index in [2.05, 4.69) is 0 Å². The molecule has 1 fully saturated rings. The number of carbonyl (C=O) groups excluding carboxylic acids is 2. The molecule has 18 heavy (non-hydrogen) atoms. The Balaban J connectivity index is 2.32. The van der Waals surface area contributed by atoms with Gasteiger partial charge in [0.1, 0.15) is 0 Å². The first-order valence-corrected chi connectivity index (χ1v) is 5.94. The lowest BCUT2D eigenvalue weighted by Gasteiger charge is -2.33. The zero-order valence-electron chi connectivity index (χ0n) is 10.4. The Morgan fingerprint density at radius 3 is 2.17 bits per heavy atom. The van der Waals surface area contributed by atoms with Crippen molar-refractivity contribution in [2.45, 2.75) is 13.3 Å². The van der Waals surface area contributed by atoms with Crippen LogP contribution in [0.15, 0.2) is 0 Å². The highest BCUT2D eigenvalue weighted by atomic mass is 16.5. The third-order valence-electron chi connectivity index (χ3n) is 2.77. The van der Waals surface area contributed by atoms with Crippen molar-refractivity contribution in [2.24, 2.45) is 0 Å². The number of piperazine rings is 1. The molecule has 0 aromatic carbocycles. The third kappa shape index (κ3) is 3.99. The normalized spacial score (nSPS) is 15.6. The van der Waals surface area contributed by atoms with Crippen molar-refractivity contribution >= 4 is 17.8 Å². The van der Waals surface area contributed by atoms with Crippen LogP contribution in [0.2, 0.25) is 0 Å². The van der Waals surface area contributed by atoms with E-state index in [1.54, 1.807) is 4.90 Å². The first kappa shape index (κ1) is 14.4. The van der Waals surface area contributed by atoms with Crippen LogP contribution in [0.1, 0.15) is 13.3 Å². The summed E-state index contributed by atoms with van der Waals surface area (Å²) in [5.41, 5.74) is 0. The smallest absolute Gasteiger partial charge is 0.394 e. The van der Waals surface area contributed by atoms with E-state index in [1.165, 1.54) is 4.90 Å². The largest absolute Gasteiger partial charge is 0.474 e. The van der Waals surface area contributed by atoms with Crippen LogP contribution in [0, 0.1) is 0 Å². The summed E-state index contributed by atoms with van der Waals surface area (Å²) in [5.74, 6) is -2.38. The molecule has 1 rings (SSSR count). The van der Waals surface area contributed by atoms with E-state index in [4.69, 9.17) is 9.84 Å². The number of aliphatic carboxylic acids is 1. The Morgan fingerprint density at radius 2 is 1.67 bits per heavy atom. The molecule has 7 nitrogen and oxygen atoms in total. The van der Waals surface area contributed by atoms with Gasteiger partial charge in [0.05, 0.1) is 13.0 Å². The second kappa shape index (κ2) is 6.95. The Morgan fingerprint density at radius 1 is 1.11 bits per heavy atom. The molecule has 102 valence electrons. The van der Waals surface area contributed by atoms with Gasteiger partial charge in [-0.15, -0.1) is 0 Å². The number of rotatable bonds is 4. The topological polar surface area (TPSA) is 87.2 Å². The predicted octanol–water partition coefficient (Wildman–Crippen LogP) is -0.832. The monoisotopic (exact) mass is 258 g/mol. The standard InChI is InChI=1S/C11H18N2O5/c1-2-18-8-3-9(14)12-4-6-13(7-5-12)10(15)11(16)17/h2-8H2,1H3,(H,16,17). The van der Waals surface area contributed by atoms with Crippen LogP contribution in [0.25, 0.3) is 0 Å². The Hall–Kier alpha value is -1.63. The number of amides is 2. The Labute approximate surface area is 105 Å². The van der Waals surface area contributed by atoms with E-state index >= 15 is 0 Å². The van der Waals surface area contributed by atoms with Gasteiger partial charge in [-0.3, -0.25) is 9.59 Å². The van der Waals surface area contributed by atoms with Crippen molar-refractivity contribution in [1.29, 1.82) is 0 Å². The van der Waals surface area contributed by atoms with Crippen LogP contribution in [-0.4, -0.2) is 72.1 Å². The molecule has 1 saturated heterocycles. The molecule has 0 unspecified atom stereocenters. The number of hydrogen-bond acceptors (Lipinski definition) is 4. The van der Waals surface area contributed by atoms with Crippen LogP contribution in [0.5, 0.6) is 0 Å². The molecular weight excluding hydrogens is 240 g/mol. The highest BCUT2D eigenvalue weighted by molar-refractivity contribution is 6.31. The molecule has 1 aliphatic heterocycles. The maximum absolute atomic E-state index is 11.7. The average Bonchev–Trinajstić information content (AvgIpc) is 2.38. The number of nitrogens with zero attached hydrogens (tertiary/aromatic N) is 2. The van der Waals surface area contributed by atoms with Crippen molar-refractivity contribution in [3.63, 3.8) is 0 Å². The first-order valence-electron chi connectivity index (χ1n) is 5.94. The van der Waals surface area contributed by atoms with Gasteiger partial charge < -0.3 is 19.6 Å². The molecule has 0 aromatic rings. The van der Waals surface area contributed by atoms with Crippen molar-refractivity contribution in [1.82, 2.24) is 9.80 Å². The van der Waals surface area contributed by atoms with Crippen LogP contribution in [0.4, 0.5) is 0 Å². The molecule has 7 heteroatoms. The second-order valence-electron chi connectivity index (χ2n) is 3.93. The van der Waals surface area contributed by atoms with Gasteiger partial charge in [0.25, 0.3) is 0 Å². The number of hydrogen-bond donors (Lipinski definition) is 1. The summed E-state index contributed by atoms with van der Waals surface area (Å²) in [4.78, 5) is 36.3. The summed E-state index contributed by atoms with van der Waals surface area (Å²) in [7, 11) is 0. The summed E-state index contributed by atoms with van der Waals surface area (Å²) in [5, 5.41) is 8.56. The van der Waals surface area contributed by atoms with E-state index in [1.807, 2.05) is 6.92 Å². The van der Waals surface area contributed by atoms with Gasteiger partial charge in [-0.05, 0) is 6.92 Å². The lowest BCUT2D eigenvalue weighted by atomic mass is 10.2. The molecule has 1 aliphatic rings. The van der Waals surface area contributed by atoms with Crippen molar-refractivity contribution in [3.8, 4) is 0 Å². The molecule has 0 atom stereocenters. The molecular formula is C11H18N2O5. The quantitative estimate of drug-likeness (QED) is 0.525. The number of carboxylic acid groups (broad SMARTS) is 1. The summed E-state index contributed by atoms with van der Waals surface area (Å²) in [6.45, 7) is 4.13. The Kier molecular flexibility index (Phi) is 5.57. The zero-order valence-corrected chi connectivity index (χ0v) is 10.4. The fourth-order valence-electron chi connectivity index (χ4n) is 1.76. The van der Waals surface area contributed by atoms with Crippen molar-refractivity contribution in [2.75, 3.05) is 39.4 Å². The van der Waals surface area contributed by atoms with Gasteiger partial charge in [-0.2, -0.15) is 0 Å². The van der Waals surface area contributed by atoms with E-state index in [9.17, 15) is 14.4 Å². The summed E-state index contributed by atoms with van der Waals surface area (Å²) >= 11 is 0. The fraction of sp³-hybridized carbons (Fsp3) is 0.727. The van der Waals surface area contributed by atoms with E-state index in [-0.39, 0.29) is 19.0 Å². The molecule has 0 aromatic heterocycles. The molecule has 0 radical (unpaired) electrons. The van der Waals surface area contributed by atoms with E-state index in [0.29, 0.717) is 32.7 Å². The molecule has 0 saturated carbocycles. The number of carboxylic acids is 1. The summed E-state index contributed by atoms with van der Waals surface area (Å²) in [6, 6.07) is 0. The minimum absolute atomic E-state index is 0.0223. The number of carbonyl (C=O) groups is 3. The molecule has 0 spiro atoms. The van der Waals surface area contributed by atoms with Crippen molar-refractivity contribution < 1.29 is 24.2 Å². The average molecular weight is 258 g/mol. The van der Waals surface area contributed by atoms with Gasteiger partial charge in [-0.25, -0.2) is 4.79 Å². The zero-order chi connectivity index (χ0) is 13.5. The minimum atomic E-state index is -1.45. The summed E-state index contributed by atoms with van der Waals surface area (Å²) < 4.78 is 5.10. The van der Waals surface area contributed by atoms with Crippen LogP contribution >= 0.6 is 0 Å². The summed E-state index contributed by atoms with van der Waals surface area (Å²) in [6.07, 6.45) is 0.320. The van der Waals surface area contributed by atoms with Gasteiger partial charge in [0.15, 0.2) is 0 Å². The van der Waals surface area contributed by atoms with Crippen LogP contribution < -0.4 is 0 Å². The van der Waals surface area contributed by atoms with Gasteiger partial charge in [0.2, 0.25) is 5.91 Å². The predicted molar refractivity (Wildman–Crippen MR) is 61.9 cm³/mol. The molecule has 0 aliphatic carbocycles. The SMILES string of the molecule is CCOCCC(=O)N1CCN(C(=O)C(=O)O)CC1. The third-order valence-corrected chi connectivity index (χ3v) is 2.77. The molecule has 2 amide bonds. The van der Waals surface area contributed by atoms with Crippen molar-refractivity contribution in [3.05, 3.63) is 0 Å². The van der Waals surface area contributed by atoms with Gasteiger partial charge in [-0.1, -0.05) is 0 Å². The van der Waals surface area contributed by atoms with E-state index in [0.717, 1.165) is 0 Å². The molecule has 1 N–H and O–H groups in total. The first-order chi connectivity index (χ1) is 8.56. The van der Waals surface area contributed by atoms with Crippen LogP contribution in [-0.2, 0) is 19.1 Å². The Bertz CT molecular complexity index is 323. The lowest BCUT2D eigenvalue weighted by Crippen LogP contribution is -2.52. The second-order valence-corrected chi connectivity index (χ2v) is 3.93. The highest BCUT2D eigenvalue weighted by Crippen LogP contribution is 2.04. The highest BCUT2D eigenvalue weighted by Gasteiger charge is 2.27. The fourth-order valence-corrected chi connectivity index (χ4v) is 1.76. The lowest BCUT2D eigenvalue weighted by molar-refractivity contribution is -0.157.